The van der Waals surface area contributed by atoms with E-state index in [4.69, 9.17) is 17.3 Å². The Morgan fingerprint density at radius 2 is 2.13 bits per heavy atom. The third-order valence-corrected chi connectivity index (χ3v) is 4.38. The minimum absolute atomic E-state index is 0.131. The number of nitrogens with two attached hydrogens (primary N) is 1. The van der Waals surface area contributed by atoms with Crippen molar-refractivity contribution in [3.05, 3.63) is 34.9 Å². The molecule has 0 aromatic heterocycles. The van der Waals surface area contributed by atoms with Gasteiger partial charge < -0.3 is 5.73 Å². The fourth-order valence-corrected chi connectivity index (χ4v) is 2.80. The van der Waals surface area contributed by atoms with Crippen LogP contribution >= 0.6 is 11.6 Å². The molecule has 1 aromatic rings. The highest BCUT2D eigenvalue weighted by atomic mass is 35.5. The molecule has 1 rings (SSSR count). The molecule has 0 aliphatic carbocycles. The Hall–Kier alpha value is -0.380. The van der Waals surface area contributed by atoms with Gasteiger partial charge in [0.2, 0.25) is 0 Å². The van der Waals surface area contributed by atoms with Crippen LogP contribution in [0.1, 0.15) is 18.9 Å². The van der Waals surface area contributed by atoms with Crippen LogP contribution < -0.4 is 5.73 Å². The summed E-state index contributed by atoms with van der Waals surface area (Å²) in [5.41, 5.74) is 6.38. The normalized spacial score (nSPS) is 14.9. The molecule has 0 saturated carbocycles. The lowest BCUT2D eigenvalue weighted by Gasteiger charge is -2.10. The second-order valence-corrected chi connectivity index (χ2v) is 5.77. The minimum Gasteiger partial charge on any atom is -0.330 e. The Balaban J connectivity index is 2.62. The summed E-state index contributed by atoms with van der Waals surface area (Å²) in [6.07, 6.45) is 0.789. The van der Waals surface area contributed by atoms with Crippen LogP contribution in [-0.4, -0.2) is 16.0 Å². The maximum absolute atomic E-state index is 11.9. The molecule has 0 fully saturated rings. The van der Waals surface area contributed by atoms with E-state index in [1.807, 2.05) is 31.2 Å². The van der Waals surface area contributed by atoms with Crippen LogP contribution in [0.25, 0.3) is 0 Å². The number of rotatable bonds is 5. The van der Waals surface area contributed by atoms with Gasteiger partial charge in [-0.2, -0.15) is 0 Å². The lowest BCUT2D eigenvalue weighted by Crippen LogP contribution is -2.17. The van der Waals surface area contributed by atoms with Crippen LogP contribution in [0.3, 0.4) is 0 Å². The predicted octanol–water partition coefficient (Wildman–Crippen LogP) is 2.33. The van der Waals surface area contributed by atoms with E-state index >= 15 is 0 Å². The average Bonchev–Trinajstić information content (AvgIpc) is 2.21. The monoisotopic (exact) mass is 245 g/mol. The zero-order chi connectivity index (χ0) is 11.3. The van der Waals surface area contributed by atoms with Crippen molar-refractivity contribution in [2.75, 3.05) is 6.54 Å². The fourth-order valence-electron chi connectivity index (χ4n) is 1.28. The highest BCUT2D eigenvalue weighted by Gasteiger charge is 2.12. The van der Waals surface area contributed by atoms with E-state index in [1.54, 1.807) is 0 Å². The first kappa shape index (κ1) is 12.7. The molecule has 15 heavy (non-hydrogen) atoms. The third-order valence-electron chi connectivity index (χ3n) is 2.28. The first-order chi connectivity index (χ1) is 7.15. The smallest absolute Gasteiger partial charge is 0.0503 e. The Morgan fingerprint density at radius 1 is 1.47 bits per heavy atom. The summed E-state index contributed by atoms with van der Waals surface area (Å²) in [6.45, 7) is 2.54. The number of hydrogen-bond acceptors (Lipinski definition) is 2. The van der Waals surface area contributed by atoms with Crippen molar-refractivity contribution in [3.63, 3.8) is 0 Å². The van der Waals surface area contributed by atoms with Crippen molar-refractivity contribution in [2.45, 2.75) is 24.3 Å². The summed E-state index contributed by atoms with van der Waals surface area (Å²) in [6, 6.07) is 7.52. The van der Waals surface area contributed by atoms with Crippen molar-refractivity contribution >= 4 is 22.4 Å². The molecule has 0 bridgehead atoms. The molecular weight excluding hydrogens is 230 g/mol. The molecule has 2 unspecified atom stereocenters. The van der Waals surface area contributed by atoms with Gasteiger partial charge in [0, 0.05) is 21.1 Å². The second-order valence-electron chi connectivity index (χ2n) is 3.50. The van der Waals surface area contributed by atoms with Gasteiger partial charge in [-0.05, 0) is 24.6 Å². The van der Waals surface area contributed by atoms with E-state index in [-0.39, 0.29) is 5.25 Å². The van der Waals surface area contributed by atoms with Gasteiger partial charge in [-0.25, -0.2) is 0 Å². The van der Waals surface area contributed by atoms with Gasteiger partial charge in [0.05, 0.1) is 5.75 Å². The third kappa shape index (κ3) is 3.93. The van der Waals surface area contributed by atoms with Gasteiger partial charge in [0.15, 0.2) is 0 Å². The van der Waals surface area contributed by atoms with Crippen molar-refractivity contribution in [1.82, 2.24) is 0 Å². The summed E-state index contributed by atoms with van der Waals surface area (Å²) >= 11 is 5.99. The molecule has 0 aliphatic heterocycles. The van der Waals surface area contributed by atoms with Gasteiger partial charge in [-0.1, -0.05) is 36.7 Å². The molecule has 0 spiro atoms. The van der Waals surface area contributed by atoms with Gasteiger partial charge in [0.1, 0.15) is 0 Å². The Labute approximate surface area is 98.3 Å². The number of benzene rings is 1. The van der Waals surface area contributed by atoms with E-state index in [2.05, 4.69) is 0 Å². The van der Waals surface area contributed by atoms with Crippen molar-refractivity contribution < 1.29 is 4.21 Å². The predicted molar refractivity (Wildman–Crippen MR) is 66.4 cm³/mol. The molecule has 2 N–H and O–H groups in total. The quantitative estimate of drug-likeness (QED) is 0.865. The fraction of sp³-hybridized carbons (Fsp3) is 0.455. The van der Waals surface area contributed by atoms with Gasteiger partial charge in [-0.3, -0.25) is 4.21 Å². The first-order valence-corrected chi connectivity index (χ1v) is 6.71. The molecule has 0 amide bonds. The molecular formula is C11H16ClNOS. The Bertz CT molecular complexity index is 343. The van der Waals surface area contributed by atoms with E-state index in [9.17, 15) is 4.21 Å². The van der Waals surface area contributed by atoms with Crippen molar-refractivity contribution in [3.8, 4) is 0 Å². The molecule has 0 aliphatic rings. The maximum atomic E-state index is 11.9. The second kappa shape index (κ2) is 6.26. The molecule has 2 nitrogen and oxygen atoms in total. The molecule has 0 heterocycles. The summed E-state index contributed by atoms with van der Waals surface area (Å²) in [7, 11) is -0.890. The van der Waals surface area contributed by atoms with Crippen LogP contribution in [0.2, 0.25) is 5.02 Å². The zero-order valence-electron chi connectivity index (χ0n) is 8.78. The van der Waals surface area contributed by atoms with E-state index < -0.39 is 10.8 Å². The van der Waals surface area contributed by atoms with Crippen molar-refractivity contribution in [1.29, 1.82) is 0 Å². The van der Waals surface area contributed by atoms with E-state index in [0.29, 0.717) is 17.3 Å². The SMILES string of the molecule is CC(CCN)S(=O)Cc1ccccc1Cl. The van der Waals surface area contributed by atoms with Crippen LogP contribution in [0.15, 0.2) is 24.3 Å². The largest absolute Gasteiger partial charge is 0.330 e. The zero-order valence-corrected chi connectivity index (χ0v) is 10.4. The highest BCUT2D eigenvalue weighted by Crippen LogP contribution is 2.18. The van der Waals surface area contributed by atoms with Gasteiger partial charge in [-0.15, -0.1) is 0 Å². The Kier molecular flexibility index (Phi) is 5.29. The van der Waals surface area contributed by atoms with Crippen LogP contribution in [-0.2, 0) is 16.6 Å². The van der Waals surface area contributed by atoms with E-state index in [1.165, 1.54) is 0 Å². The van der Waals surface area contributed by atoms with Crippen molar-refractivity contribution in [2.24, 2.45) is 5.73 Å². The average molecular weight is 246 g/mol. The lowest BCUT2D eigenvalue weighted by atomic mass is 10.2. The van der Waals surface area contributed by atoms with Crippen LogP contribution in [0.5, 0.6) is 0 Å². The van der Waals surface area contributed by atoms with Crippen LogP contribution in [0.4, 0.5) is 0 Å². The first-order valence-electron chi connectivity index (χ1n) is 4.95. The summed E-state index contributed by atoms with van der Waals surface area (Å²) < 4.78 is 11.9. The molecule has 2 atom stereocenters. The Morgan fingerprint density at radius 3 is 2.73 bits per heavy atom. The molecule has 0 radical (unpaired) electrons. The van der Waals surface area contributed by atoms with Gasteiger partial charge >= 0.3 is 0 Å². The van der Waals surface area contributed by atoms with Gasteiger partial charge in [0.25, 0.3) is 0 Å². The molecule has 84 valence electrons. The lowest BCUT2D eigenvalue weighted by molar-refractivity contribution is 0.665. The maximum Gasteiger partial charge on any atom is 0.0503 e. The minimum atomic E-state index is -0.890. The molecule has 0 saturated heterocycles. The number of halogens is 1. The van der Waals surface area contributed by atoms with Crippen LogP contribution in [0, 0.1) is 0 Å². The summed E-state index contributed by atoms with van der Waals surface area (Å²) in [5.74, 6) is 0.515. The van der Waals surface area contributed by atoms with E-state index in [0.717, 1.165) is 12.0 Å². The number of hydrogen-bond donors (Lipinski definition) is 1. The topological polar surface area (TPSA) is 43.1 Å². The molecule has 1 aromatic carbocycles. The highest BCUT2D eigenvalue weighted by molar-refractivity contribution is 7.84. The molecule has 4 heteroatoms. The standard InChI is InChI=1S/C11H16ClNOS/c1-9(6-7-13)15(14)8-10-4-2-3-5-11(10)12/h2-5,9H,6-8,13H2,1H3. The summed E-state index contributed by atoms with van der Waals surface area (Å²) in [4.78, 5) is 0. The summed E-state index contributed by atoms with van der Waals surface area (Å²) in [5, 5.41) is 0.817.